The number of allylic oxidation sites excluding steroid dienone is 2. The van der Waals surface area contributed by atoms with Crippen LogP contribution in [-0.2, 0) is 0 Å². The molecule has 1 nitrogen and oxygen atoms in total. The summed E-state index contributed by atoms with van der Waals surface area (Å²) in [4.78, 5) is 0. The monoisotopic (exact) mass is 343 g/mol. The van der Waals surface area contributed by atoms with Gasteiger partial charge in [0.05, 0.1) is 11.5 Å². The molecule has 0 N–H and O–H groups in total. The van der Waals surface area contributed by atoms with Crippen LogP contribution in [0.3, 0.4) is 0 Å². The fraction of sp³-hybridized carbons (Fsp3) is 0.875. The van der Waals surface area contributed by atoms with Crippen LogP contribution in [0.5, 0.6) is 0 Å². The van der Waals surface area contributed by atoms with E-state index in [-0.39, 0.29) is 5.41 Å². The van der Waals surface area contributed by atoms with Crippen LogP contribution >= 0.6 is 0 Å². The van der Waals surface area contributed by atoms with Crippen molar-refractivity contribution in [2.24, 2.45) is 23.2 Å². The SMILES string of the molecule is CCCCCC=CC1(C#N)CCC(C2CCC(CCCC)CC2)CC1. The number of unbranched alkanes of at least 4 members (excludes halogenated alkanes) is 4. The van der Waals surface area contributed by atoms with Gasteiger partial charge in [-0.2, -0.15) is 5.26 Å². The average Bonchev–Trinajstić information content (AvgIpc) is 2.67. The Balaban J connectivity index is 1.74. The minimum atomic E-state index is -0.138. The Morgan fingerprint density at radius 1 is 0.880 bits per heavy atom. The van der Waals surface area contributed by atoms with Crippen molar-refractivity contribution in [3.05, 3.63) is 12.2 Å². The summed E-state index contributed by atoms with van der Waals surface area (Å²) in [5.41, 5.74) is -0.138. The van der Waals surface area contributed by atoms with Gasteiger partial charge in [0.25, 0.3) is 0 Å². The van der Waals surface area contributed by atoms with Crippen molar-refractivity contribution < 1.29 is 0 Å². The minimum absolute atomic E-state index is 0.138. The van der Waals surface area contributed by atoms with Gasteiger partial charge in [-0.1, -0.05) is 70.9 Å². The van der Waals surface area contributed by atoms with Crippen LogP contribution in [0.1, 0.15) is 110 Å². The number of nitriles is 1. The van der Waals surface area contributed by atoms with Crippen LogP contribution in [0, 0.1) is 34.5 Å². The minimum Gasteiger partial charge on any atom is -0.197 e. The normalized spacial score (nSPS) is 33.4. The highest BCUT2D eigenvalue weighted by Crippen LogP contribution is 2.46. The molecule has 0 spiro atoms. The third kappa shape index (κ3) is 6.47. The van der Waals surface area contributed by atoms with Gasteiger partial charge in [-0.3, -0.25) is 0 Å². The topological polar surface area (TPSA) is 23.8 Å². The molecule has 0 bridgehead atoms. The van der Waals surface area contributed by atoms with Crippen molar-refractivity contribution in [2.75, 3.05) is 0 Å². The molecular formula is C24H41N. The molecule has 0 saturated heterocycles. The standard InChI is InChI=1S/C24H41N/c1-3-5-7-8-9-17-24(20-25)18-15-23(16-19-24)22-13-11-21(12-14-22)10-6-4-2/h9,17,21-23H,3-8,10-16,18-19H2,1-2H3. The summed E-state index contributed by atoms with van der Waals surface area (Å²) >= 11 is 0. The average molecular weight is 344 g/mol. The van der Waals surface area contributed by atoms with Crippen molar-refractivity contribution in [1.29, 1.82) is 5.26 Å². The Bertz CT molecular complexity index is 414. The molecule has 0 aromatic carbocycles. The maximum absolute atomic E-state index is 9.76. The van der Waals surface area contributed by atoms with E-state index in [1.54, 1.807) is 0 Å². The molecule has 2 rings (SSSR count). The Morgan fingerprint density at radius 2 is 1.52 bits per heavy atom. The maximum atomic E-state index is 9.76. The molecule has 2 fully saturated rings. The summed E-state index contributed by atoms with van der Waals surface area (Å²) in [6, 6.07) is 2.68. The Morgan fingerprint density at radius 3 is 2.12 bits per heavy atom. The molecule has 0 heterocycles. The Labute approximate surface area is 157 Å². The highest BCUT2D eigenvalue weighted by Gasteiger charge is 2.37. The van der Waals surface area contributed by atoms with Gasteiger partial charge in [0, 0.05) is 0 Å². The molecule has 2 aliphatic carbocycles. The predicted octanol–water partition coefficient (Wildman–Crippen LogP) is 7.82. The molecule has 0 aliphatic heterocycles. The number of rotatable bonds is 9. The lowest BCUT2D eigenvalue weighted by Gasteiger charge is -2.39. The second-order valence-electron chi connectivity index (χ2n) is 8.93. The summed E-state index contributed by atoms with van der Waals surface area (Å²) in [6.07, 6.45) is 24.5. The number of hydrogen-bond donors (Lipinski definition) is 0. The molecule has 2 saturated carbocycles. The van der Waals surface area contributed by atoms with E-state index in [0.717, 1.165) is 37.0 Å². The van der Waals surface area contributed by atoms with Crippen LogP contribution in [0.2, 0.25) is 0 Å². The van der Waals surface area contributed by atoms with E-state index in [4.69, 9.17) is 0 Å². The zero-order valence-electron chi connectivity index (χ0n) is 16.9. The van der Waals surface area contributed by atoms with Gasteiger partial charge < -0.3 is 0 Å². The van der Waals surface area contributed by atoms with Gasteiger partial charge in [-0.15, -0.1) is 0 Å². The second-order valence-corrected chi connectivity index (χ2v) is 8.93. The molecule has 142 valence electrons. The lowest BCUT2D eigenvalue weighted by Crippen LogP contribution is -2.30. The number of nitrogens with zero attached hydrogens (tertiary/aromatic N) is 1. The third-order valence-corrected chi connectivity index (χ3v) is 7.08. The molecule has 1 heteroatoms. The van der Waals surface area contributed by atoms with Crippen molar-refractivity contribution >= 4 is 0 Å². The molecule has 0 atom stereocenters. The van der Waals surface area contributed by atoms with E-state index < -0.39 is 0 Å². The van der Waals surface area contributed by atoms with E-state index in [9.17, 15) is 5.26 Å². The first-order valence-electron chi connectivity index (χ1n) is 11.3. The van der Waals surface area contributed by atoms with Crippen LogP contribution in [0.25, 0.3) is 0 Å². The second kappa shape index (κ2) is 11.1. The molecule has 2 aliphatic rings. The van der Waals surface area contributed by atoms with Crippen LogP contribution in [-0.4, -0.2) is 0 Å². The van der Waals surface area contributed by atoms with Gasteiger partial charge in [0.15, 0.2) is 0 Å². The largest absolute Gasteiger partial charge is 0.197 e. The lowest BCUT2D eigenvalue weighted by molar-refractivity contribution is 0.136. The molecule has 0 aromatic heterocycles. The van der Waals surface area contributed by atoms with Crippen molar-refractivity contribution in [1.82, 2.24) is 0 Å². The van der Waals surface area contributed by atoms with Gasteiger partial charge in [-0.05, 0) is 69.1 Å². The Hall–Kier alpha value is -0.770. The summed E-state index contributed by atoms with van der Waals surface area (Å²) < 4.78 is 0. The molecule has 25 heavy (non-hydrogen) atoms. The molecule has 0 amide bonds. The van der Waals surface area contributed by atoms with Crippen molar-refractivity contribution in [3.63, 3.8) is 0 Å². The smallest absolute Gasteiger partial charge is 0.0753 e. The van der Waals surface area contributed by atoms with E-state index >= 15 is 0 Å². The van der Waals surface area contributed by atoms with E-state index in [1.807, 2.05) is 0 Å². The van der Waals surface area contributed by atoms with Crippen LogP contribution < -0.4 is 0 Å². The van der Waals surface area contributed by atoms with Gasteiger partial charge >= 0.3 is 0 Å². The fourth-order valence-electron chi connectivity index (χ4n) is 5.20. The summed E-state index contributed by atoms with van der Waals surface area (Å²) in [5.74, 6) is 2.88. The molecule has 0 aromatic rings. The Kier molecular flexibility index (Phi) is 9.08. The molecular weight excluding hydrogens is 302 g/mol. The molecule has 0 radical (unpaired) electrons. The highest BCUT2D eigenvalue weighted by molar-refractivity contribution is 5.14. The van der Waals surface area contributed by atoms with Crippen LogP contribution in [0.15, 0.2) is 12.2 Å². The van der Waals surface area contributed by atoms with E-state index in [2.05, 4.69) is 32.1 Å². The van der Waals surface area contributed by atoms with Gasteiger partial charge in [0.2, 0.25) is 0 Å². The van der Waals surface area contributed by atoms with Gasteiger partial charge in [-0.25, -0.2) is 0 Å². The first-order valence-corrected chi connectivity index (χ1v) is 11.3. The summed E-state index contributed by atoms with van der Waals surface area (Å²) in [7, 11) is 0. The first-order chi connectivity index (χ1) is 12.2. The van der Waals surface area contributed by atoms with Crippen LogP contribution in [0.4, 0.5) is 0 Å². The maximum Gasteiger partial charge on any atom is 0.0753 e. The van der Waals surface area contributed by atoms with Gasteiger partial charge in [0.1, 0.15) is 0 Å². The van der Waals surface area contributed by atoms with E-state index in [0.29, 0.717) is 0 Å². The third-order valence-electron chi connectivity index (χ3n) is 7.08. The predicted molar refractivity (Wildman–Crippen MR) is 108 cm³/mol. The molecule has 0 unspecified atom stereocenters. The summed E-state index contributed by atoms with van der Waals surface area (Å²) in [5, 5.41) is 9.76. The fourth-order valence-corrected chi connectivity index (χ4v) is 5.20. The zero-order valence-corrected chi connectivity index (χ0v) is 16.9. The lowest BCUT2D eigenvalue weighted by atomic mass is 9.64. The number of hydrogen-bond acceptors (Lipinski definition) is 1. The summed E-state index contributed by atoms with van der Waals surface area (Å²) in [6.45, 7) is 4.56. The quantitative estimate of drug-likeness (QED) is 0.309. The van der Waals surface area contributed by atoms with E-state index in [1.165, 1.54) is 77.0 Å². The van der Waals surface area contributed by atoms with Crippen molar-refractivity contribution in [3.8, 4) is 6.07 Å². The first kappa shape index (κ1) is 20.5. The highest BCUT2D eigenvalue weighted by atomic mass is 14.4. The van der Waals surface area contributed by atoms with Crippen molar-refractivity contribution in [2.45, 2.75) is 110 Å². The zero-order chi connectivity index (χ0) is 18.0.